The largest absolute Gasteiger partial charge is 0.482 e. The fourth-order valence-corrected chi connectivity index (χ4v) is 2.59. The number of Topliss-reactive ketones (excluding diaryl/α,β-unsaturated/α-hetero) is 1. The predicted molar refractivity (Wildman–Crippen MR) is 95.1 cm³/mol. The number of rotatable bonds is 8. The number of hydrogen-bond donors (Lipinski definition) is 1. The maximum atomic E-state index is 12.2. The second-order valence-electron chi connectivity index (χ2n) is 6.33. The Hall–Kier alpha value is -2.41. The number of fused-ring (bicyclic) bond motifs is 1. The lowest BCUT2D eigenvalue weighted by atomic mass is 10.1. The lowest BCUT2D eigenvalue weighted by Crippen LogP contribution is -2.41. The highest BCUT2D eigenvalue weighted by molar-refractivity contribution is 6.01. The molecule has 0 saturated heterocycles. The van der Waals surface area contributed by atoms with Gasteiger partial charge in [-0.3, -0.25) is 14.4 Å². The molecular formula is C18H25N3O4. The van der Waals surface area contributed by atoms with Crippen LogP contribution in [0.25, 0.3) is 0 Å². The fraction of sp³-hybridized carbons (Fsp3) is 0.500. The van der Waals surface area contributed by atoms with Gasteiger partial charge in [0.2, 0.25) is 5.91 Å². The van der Waals surface area contributed by atoms with Gasteiger partial charge >= 0.3 is 0 Å². The summed E-state index contributed by atoms with van der Waals surface area (Å²) in [4.78, 5) is 39.3. The summed E-state index contributed by atoms with van der Waals surface area (Å²) in [6, 6.07) is 5.00. The number of nitrogens with one attached hydrogen (secondary N) is 1. The van der Waals surface area contributed by atoms with Crippen LogP contribution < -0.4 is 15.0 Å². The highest BCUT2D eigenvalue weighted by atomic mass is 16.5. The first-order valence-corrected chi connectivity index (χ1v) is 8.38. The molecule has 25 heavy (non-hydrogen) atoms. The molecule has 7 heteroatoms. The Balaban J connectivity index is 1.95. The molecule has 136 valence electrons. The fourth-order valence-electron chi connectivity index (χ4n) is 2.59. The number of carbonyl (C=O) groups excluding carboxylic acids is 3. The third-order valence-corrected chi connectivity index (χ3v) is 3.98. The van der Waals surface area contributed by atoms with Crippen LogP contribution in [-0.2, 0) is 9.59 Å². The molecule has 1 aliphatic rings. The summed E-state index contributed by atoms with van der Waals surface area (Å²) in [7, 11) is 3.97. The average molecular weight is 347 g/mol. The van der Waals surface area contributed by atoms with E-state index in [2.05, 4.69) is 10.2 Å². The molecule has 0 atom stereocenters. The first kappa shape index (κ1) is 18.9. The van der Waals surface area contributed by atoms with Gasteiger partial charge in [-0.1, -0.05) is 0 Å². The van der Waals surface area contributed by atoms with E-state index in [0.717, 1.165) is 13.0 Å². The van der Waals surface area contributed by atoms with Gasteiger partial charge in [0.1, 0.15) is 5.75 Å². The van der Waals surface area contributed by atoms with Crippen LogP contribution in [0.4, 0.5) is 5.69 Å². The Morgan fingerprint density at radius 2 is 2.08 bits per heavy atom. The SMILES string of the molecule is CC(=O)c1ccc2c(c1)N(CCC(=O)NCCCN(C)C)C(=O)CO2. The minimum absolute atomic E-state index is 0.0587. The molecular weight excluding hydrogens is 322 g/mol. The van der Waals surface area contributed by atoms with Crippen molar-refractivity contribution in [1.29, 1.82) is 0 Å². The van der Waals surface area contributed by atoms with Crippen molar-refractivity contribution in [1.82, 2.24) is 10.2 Å². The third kappa shape index (κ3) is 5.29. The van der Waals surface area contributed by atoms with E-state index in [0.29, 0.717) is 23.5 Å². The first-order valence-electron chi connectivity index (χ1n) is 8.38. The lowest BCUT2D eigenvalue weighted by Gasteiger charge is -2.29. The van der Waals surface area contributed by atoms with Crippen LogP contribution in [0.5, 0.6) is 5.75 Å². The van der Waals surface area contributed by atoms with Crippen LogP contribution >= 0.6 is 0 Å². The molecule has 0 spiro atoms. The standard InChI is InChI=1S/C18H25N3O4/c1-13(22)14-5-6-16-15(11-14)21(18(24)12-25-16)10-7-17(23)19-8-4-9-20(2)3/h5-6,11H,4,7-10,12H2,1-3H3,(H,19,23). The van der Waals surface area contributed by atoms with E-state index >= 15 is 0 Å². The normalized spacial score (nSPS) is 13.4. The number of nitrogens with zero attached hydrogens (tertiary/aromatic N) is 2. The van der Waals surface area contributed by atoms with Crippen molar-refractivity contribution in [2.24, 2.45) is 0 Å². The minimum atomic E-state index is -0.214. The molecule has 7 nitrogen and oxygen atoms in total. The number of ether oxygens (including phenoxy) is 1. The molecule has 1 aromatic rings. The van der Waals surface area contributed by atoms with E-state index in [1.807, 2.05) is 14.1 Å². The Labute approximate surface area is 147 Å². The summed E-state index contributed by atoms with van der Waals surface area (Å²) in [6.45, 7) is 3.19. The Morgan fingerprint density at radius 1 is 1.32 bits per heavy atom. The van der Waals surface area contributed by atoms with Crippen LogP contribution in [0, 0.1) is 0 Å². The van der Waals surface area contributed by atoms with Gasteiger partial charge in [0.05, 0.1) is 5.69 Å². The van der Waals surface area contributed by atoms with Crippen molar-refractivity contribution >= 4 is 23.3 Å². The van der Waals surface area contributed by atoms with Crippen molar-refractivity contribution in [3.8, 4) is 5.75 Å². The number of amides is 2. The van der Waals surface area contributed by atoms with Crippen molar-refractivity contribution in [3.05, 3.63) is 23.8 Å². The van der Waals surface area contributed by atoms with Crippen molar-refractivity contribution in [2.45, 2.75) is 19.8 Å². The van der Waals surface area contributed by atoms with E-state index in [1.54, 1.807) is 18.2 Å². The molecule has 1 N–H and O–H groups in total. The smallest absolute Gasteiger partial charge is 0.265 e. The zero-order valence-electron chi connectivity index (χ0n) is 15.0. The van der Waals surface area contributed by atoms with Gasteiger partial charge in [0, 0.05) is 25.1 Å². The molecule has 1 heterocycles. The van der Waals surface area contributed by atoms with Gasteiger partial charge in [-0.2, -0.15) is 0 Å². The summed E-state index contributed by atoms with van der Waals surface area (Å²) >= 11 is 0. The summed E-state index contributed by atoms with van der Waals surface area (Å²) in [5.74, 6) is 0.159. The van der Waals surface area contributed by atoms with Crippen LogP contribution in [-0.4, -0.2) is 62.8 Å². The summed E-state index contributed by atoms with van der Waals surface area (Å²) < 4.78 is 5.40. The second-order valence-corrected chi connectivity index (χ2v) is 6.33. The summed E-state index contributed by atoms with van der Waals surface area (Å²) in [5.41, 5.74) is 1.06. The average Bonchev–Trinajstić information content (AvgIpc) is 2.57. The zero-order chi connectivity index (χ0) is 18.4. The predicted octanol–water partition coefficient (Wildman–Crippen LogP) is 1.07. The van der Waals surface area contributed by atoms with Gasteiger partial charge in [0.15, 0.2) is 12.4 Å². The number of anilines is 1. The molecule has 0 aliphatic carbocycles. The molecule has 1 aliphatic heterocycles. The van der Waals surface area contributed by atoms with Gasteiger partial charge < -0.3 is 19.9 Å². The highest BCUT2D eigenvalue weighted by Gasteiger charge is 2.26. The van der Waals surface area contributed by atoms with Crippen molar-refractivity contribution in [2.75, 3.05) is 45.2 Å². The van der Waals surface area contributed by atoms with E-state index in [4.69, 9.17) is 4.74 Å². The Bertz CT molecular complexity index is 658. The Morgan fingerprint density at radius 3 is 2.76 bits per heavy atom. The second kappa shape index (κ2) is 8.62. The molecule has 0 saturated carbocycles. The summed E-state index contributed by atoms with van der Waals surface area (Å²) in [5, 5.41) is 2.86. The van der Waals surface area contributed by atoms with Gasteiger partial charge in [0.25, 0.3) is 5.91 Å². The third-order valence-electron chi connectivity index (χ3n) is 3.98. The van der Waals surface area contributed by atoms with E-state index < -0.39 is 0 Å². The molecule has 0 fully saturated rings. The number of hydrogen-bond acceptors (Lipinski definition) is 5. The van der Waals surface area contributed by atoms with Crippen LogP contribution in [0.2, 0.25) is 0 Å². The van der Waals surface area contributed by atoms with Gasteiger partial charge in [-0.05, 0) is 52.2 Å². The van der Waals surface area contributed by atoms with Gasteiger partial charge in [-0.15, -0.1) is 0 Å². The first-order chi connectivity index (χ1) is 11.9. The molecule has 0 aromatic heterocycles. The van der Waals surface area contributed by atoms with E-state index in [1.165, 1.54) is 11.8 Å². The lowest BCUT2D eigenvalue weighted by molar-refractivity contribution is -0.122. The quantitative estimate of drug-likeness (QED) is 0.562. The number of carbonyl (C=O) groups is 3. The minimum Gasteiger partial charge on any atom is -0.482 e. The maximum Gasteiger partial charge on any atom is 0.265 e. The van der Waals surface area contributed by atoms with Crippen molar-refractivity contribution < 1.29 is 19.1 Å². The Kier molecular flexibility index (Phi) is 6.52. The highest BCUT2D eigenvalue weighted by Crippen LogP contribution is 2.33. The van der Waals surface area contributed by atoms with Crippen molar-refractivity contribution in [3.63, 3.8) is 0 Å². The van der Waals surface area contributed by atoms with Crippen LogP contribution in [0.15, 0.2) is 18.2 Å². The molecule has 0 bridgehead atoms. The zero-order valence-corrected chi connectivity index (χ0v) is 15.0. The molecule has 0 radical (unpaired) electrons. The molecule has 1 aromatic carbocycles. The topological polar surface area (TPSA) is 79.0 Å². The van der Waals surface area contributed by atoms with Gasteiger partial charge in [-0.25, -0.2) is 0 Å². The van der Waals surface area contributed by atoms with Crippen LogP contribution in [0.3, 0.4) is 0 Å². The van der Waals surface area contributed by atoms with E-state index in [9.17, 15) is 14.4 Å². The molecule has 2 amide bonds. The summed E-state index contributed by atoms with van der Waals surface area (Å²) in [6.07, 6.45) is 1.08. The molecule has 2 rings (SSSR count). The van der Waals surface area contributed by atoms with Crippen LogP contribution in [0.1, 0.15) is 30.1 Å². The number of benzene rings is 1. The van der Waals surface area contributed by atoms with E-state index in [-0.39, 0.29) is 37.2 Å². The maximum absolute atomic E-state index is 12.2. The monoisotopic (exact) mass is 347 g/mol. The molecule has 0 unspecified atom stereocenters. The number of ketones is 1.